The second kappa shape index (κ2) is 28.4. The summed E-state index contributed by atoms with van der Waals surface area (Å²) in [5, 5.41) is 2.55. The van der Waals surface area contributed by atoms with E-state index in [1.165, 1.54) is 16.7 Å². The van der Waals surface area contributed by atoms with Crippen LogP contribution in [0.4, 0.5) is 0 Å². The van der Waals surface area contributed by atoms with Crippen molar-refractivity contribution in [1.82, 2.24) is 10.3 Å². The molecule has 4 aromatic rings. The van der Waals surface area contributed by atoms with Gasteiger partial charge in [-0.3, -0.25) is 14.6 Å². The van der Waals surface area contributed by atoms with Crippen LogP contribution in [-0.4, -0.2) is 76.6 Å². The number of carbonyl (C=O) groups excluding carboxylic acids is 2. The summed E-state index contributed by atoms with van der Waals surface area (Å²) in [7, 11) is 1.59. The van der Waals surface area contributed by atoms with Crippen LogP contribution in [0.2, 0.25) is 0 Å². The fraction of sp³-hybridized carbons (Fsp3) is 0.569. The van der Waals surface area contributed by atoms with Crippen molar-refractivity contribution in [2.75, 3.05) is 59.9 Å². The Hall–Kier alpha value is -4.29. The maximum absolute atomic E-state index is 12.4. The standard InChI is InChI=1S/C23H31NO6.C19H29NO2.C16H26/c1-2-22-18-29-14-10-25-8-12-27-16-20-4-6-21(7-5-20)17-28-13-9-26-11-15-30-19-23(3-1)24-22;1-18(2,3)14-10-13(11-15(12-14)19(4,5)6)16(21)8-9-17(22)20-7;1-8-12-9-13(15(2,3)4)11-14(10-12)16(5,6)7/h1-7H,8-19H2;10-12H,8-9H2,1-7H3,(H,20,22);9-11H,8H2,1-7H3. The fourth-order valence-corrected chi connectivity index (χ4v) is 6.74. The van der Waals surface area contributed by atoms with Gasteiger partial charge in [0, 0.05) is 25.5 Å². The molecule has 0 saturated carbocycles. The van der Waals surface area contributed by atoms with Crippen molar-refractivity contribution in [2.24, 2.45) is 0 Å². The summed E-state index contributed by atoms with van der Waals surface area (Å²) >= 11 is 0. The van der Waals surface area contributed by atoms with Crippen molar-refractivity contribution >= 4 is 11.7 Å². The van der Waals surface area contributed by atoms with Gasteiger partial charge in [-0.1, -0.05) is 145 Å². The van der Waals surface area contributed by atoms with Gasteiger partial charge in [0.25, 0.3) is 0 Å². The van der Waals surface area contributed by atoms with Gasteiger partial charge < -0.3 is 33.7 Å². The zero-order valence-corrected chi connectivity index (χ0v) is 44.3. The number of hydrogen-bond donors (Lipinski definition) is 1. The first-order valence-electron chi connectivity index (χ1n) is 24.5. The van der Waals surface area contributed by atoms with Crippen LogP contribution in [0.1, 0.15) is 164 Å². The van der Waals surface area contributed by atoms with E-state index in [1.54, 1.807) is 7.05 Å². The molecule has 0 spiro atoms. The Labute approximate surface area is 410 Å². The number of nitrogens with zero attached hydrogens (tertiary/aromatic N) is 1. The number of benzene rings is 3. The third kappa shape index (κ3) is 22.4. The minimum Gasteiger partial charge on any atom is -0.377 e. The van der Waals surface area contributed by atoms with E-state index >= 15 is 0 Å². The van der Waals surface area contributed by atoms with Crippen LogP contribution in [0.15, 0.2) is 78.9 Å². The van der Waals surface area contributed by atoms with E-state index in [9.17, 15) is 9.59 Å². The van der Waals surface area contributed by atoms with Crippen molar-refractivity contribution < 1.29 is 38.0 Å². The monoisotopic (exact) mass is 939 g/mol. The molecule has 1 amide bonds. The number of carbonyl (C=O) groups is 2. The lowest BCUT2D eigenvalue weighted by atomic mass is 9.79. The Morgan fingerprint density at radius 1 is 0.485 bits per heavy atom. The highest BCUT2D eigenvalue weighted by Gasteiger charge is 2.23. The predicted octanol–water partition coefficient (Wildman–Crippen LogP) is 11.7. The Bertz CT molecular complexity index is 1980. The van der Waals surface area contributed by atoms with Crippen molar-refractivity contribution in [1.29, 1.82) is 0 Å². The van der Waals surface area contributed by atoms with Crippen LogP contribution < -0.4 is 5.32 Å². The summed E-state index contributed by atoms with van der Waals surface area (Å²) < 4.78 is 33.7. The SMILES string of the molecule is CCc1cc(C(C)(C)C)cc(C(C)(C)C)c1.CNC(=O)CCC(=O)c1cc(C(C)(C)C)cc(C(C)(C)C)c1.c1cc2nc(c1)COCCOCCOCc1ccc(cc1)COCCOCCOC2. The molecule has 0 saturated heterocycles. The van der Waals surface area contributed by atoms with E-state index in [0.717, 1.165) is 40.1 Å². The highest BCUT2D eigenvalue weighted by molar-refractivity contribution is 5.98. The van der Waals surface area contributed by atoms with Gasteiger partial charge in [0.15, 0.2) is 5.78 Å². The smallest absolute Gasteiger partial charge is 0.220 e. The van der Waals surface area contributed by atoms with E-state index < -0.39 is 0 Å². The maximum Gasteiger partial charge on any atom is 0.220 e. The molecule has 3 heterocycles. The average Bonchev–Trinajstić information content (AvgIpc) is 3.28. The molecule has 10 heteroatoms. The molecule has 0 unspecified atom stereocenters. The number of hydrogen-bond acceptors (Lipinski definition) is 9. The van der Waals surface area contributed by atoms with Gasteiger partial charge in [0.05, 0.1) is 90.7 Å². The molecule has 2 aliphatic rings. The van der Waals surface area contributed by atoms with Crippen molar-refractivity contribution in [3.63, 3.8) is 0 Å². The summed E-state index contributed by atoms with van der Waals surface area (Å²) in [6.07, 6.45) is 1.60. The molecular formula is C58H86N2O8. The molecule has 0 atom stereocenters. The quantitative estimate of drug-likeness (QED) is 0.154. The fourth-order valence-electron chi connectivity index (χ4n) is 6.74. The van der Waals surface area contributed by atoms with E-state index in [2.05, 4.69) is 149 Å². The van der Waals surface area contributed by atoms with Crippen LogP contribution in [0.3, 0.4) is 0 Å². The molecule has 68 heavy (non-hydrogen) atoms. The Morgan fingerprint density at radius 2 is 0.838 bits per heavy atom. The third-order valence-corrected chi connectivity index (χ3v) is 11.4. The molecule has 3 aromatic carbocycles. The van der Waals surface area contributed by atoms with E-state index in [1.807, 2.05) is 30.3 Å². The molecule has 1 N–H and O–H groups in total. The van der Waals surface area contributed by atoms with E-state index in [4.69, 9.17) is 28.4 Å². The van der Waals surface area contributed by atoms with Crippen molar-refractivity contribution in [3.8, 4) is 0 Å². The number of aryl methyl sites for hydroxylation is 1. The lowest BCUT2D eigenvalue weighted by Crippen LogP contribution is -2.20. The Balaban J connectivity index is 0.000000285. The number of pyridine rings is 1. The number of fused-ring (bicyclic) bond motifs is 18. The topological polar surface area (TPSA) is 114 Å². The van der Waals surface area contributed by atoms with E-state index in [0.29, 0.717) is 84.8 Å². The van der Waals surface area contributed by atoms with Crippen molar-refractivity contribution in [2.45, 2.75) is 157 Å². The number of amides is 1. The number of ketones is 1. The molecule has 0 fully saturated rings. The molecule has 0 aliphatic carbocycles. The first-order chi connectivity index (χ1) is 32.0. The first kappa shape index (κ1) is 58.0. The first-order valence-corrected chi connectivity index (χ1v) is 24.5. The third-order valence-electron chi connectivity index (χ3n) is 11.4. The largest absolute Gasteiger partial charge is 0.377 e. The van der Waals surface area contributed by atoms with Crippen LogP contribution in [0.25, 0.3) is 0 Å². The molecule has 376 valence electrons. The molecule has 10 nitrogen and oxygen atoms in total. The highest BCUT2D eigenvalue weighted by atomic mass is 16.5. The summed E-state index contributed by atoms with van der Waals surface area (Å²) in [5.41, 5.74) is 11.9. The van der Waals surface area contributed by atoms with Crippen LogP contribution in [0.5, 0.6) is 0 Å². The zero-order valence-electron chi connectivity index (χ0n) is 44.3. The summed E-state index contributed by atoms with van der Waals surface area (Å²) in [5.74, 6) is -0.0726. The molecular weight excluding hydrogens is 853 g/mol. The van der Waals surface area contributed by atoms with Gasteiger partial charge in [0.1, 0.15) is 0 Å². The zero-order chi connectivity index (χ0) is 50.4. The summed E-state index contributed by atoms with van der Waals surface area (Å²) in [4.78, 5) is 28.3. The molecule has 6 rings (SSSR count). The lowest BCUT2D eigenvalue weighted by Gasteiger charge is -2.26. The summed E-state index contributed by atoms with van der Waals surface area (Å²) in [6.45, 7) is 35.1. The summed E-state index contributed by atoms with van der Waals surface area (Å²) in [6, 6.07) is 27.3. The van der Waals surface area contributed by atoms with Crippen LogP contribution in [-0.2, 0) is 87.7 Å². The van der Waals surface area contributed by atoms with Gasteiger partial charge >= 0.3 is 0 Å². The van der Waals surface area contributed by atoms with Gasteiger partial charge in [0.2, 0.25) is 5.91 Å². The van der Waals surface area contributed by atoms with Crippen molar-refractivity contribution in [3.05, 3.63) is 135 Å². The average molecular weight is 939 g/mol. The van der Waals surface area contributed by atoms with Gasteiger partial charge in [-0.15, -0.1) is 0 Å². The Kier molecular flexibility index (Phi) is 24.2. The number of rotatable bonds is 5. The normalized spacial score (nSPS) is 15.3. The number of ether oxygens (including phenoxy) is 6. The van der Waals surface area contributed by atoms with Crippen LogP contribution in [0, 0.1) is 0 Å². The maximum atomic E-state index is 12.4. The minimum absolute atomic E-state index is 0.0168. The number of aromatic nitrogens is 1. The second-order valence-corrected chi connectivity index (χ2v) is 21.5. The van der Waals surface area contributed by atoms with Gasteiger partial charge in [-0.05, 0) is 91.3 Å². The second-order valence-electron chi connectivity index (χ2n) is 21.5. The number of Topliss-reactive ketones (excluding diaryl/α,β-unsaturated/α-hetero) is 1. The molecule has 4 bridgehead atoms. The molecule has 1 aromatic heterocycles. The highest BCUT2D eigenvalue weighted by Crippen LogP contribution is 2.32. The molecule has 0 radical (unpaired) electrons. The lowest BCUT2D eigenvalue weighted by molar-refractivity contribution is -0.120. The minimum atomic E-state index is -0.101. The molecule has 2 aliphatic heterocycles. The van der Waals surface area contributed by atoms with Gasteiger partial charge in [-0.25, -0.2) is 0 Å². The van der Waals surface area contributed by atoms with Crippen LogP contribution >= 0.6 is 0 Å². The Morgan fingerprint density at radius 3 is 1.19 bits per heavy atom. The van der Waals surface area contributed by atoms with Gasteiger partial charge in [-0.2, -0.15) is 0 Å². The number of nitrogens with one attached hydrogen (secondary N) is 1. The predicted molar refractivity (Wildman–Crippen MR) is 276 cm³/mol. The van der Waals surface area contributed by atoms with E-state index in [-0.39, 0.29) is 46.2 Å².